The van der Waals surface area contributed by atoms with Gasteiger partial charge in [0.2, 0.25) is 9.84 Å². The van der Waals surface area contributed by atoms with Gasteiger partial charge in [-0.1, -0.05) is 12.1 Å². The summed E-state index contributed by atoms with van der Waals surface area (Å²) in [4.78, 5) is 11.1. The van der Waals surface area contributed by atoms with E-state index in [0.29, 0.717) is 5.56 Å². The highest BCUT2D eigenvalue weighted by Crippen LogP contribution is 2.31. The van der Waals surface area contributed by atoms with Crippen molar-refractivity contribution < 1.29 is 22.3 Å². The van der Waals surface area contributed by atoms with Crippen molar-refractivity contribution in [2.24, 2.45) is 0 Å². The van der Waals surface area contributed by atoms with Crippen LogP contribution in [0.4, 0.5) is 4.39 Å². The molecule has 0 radical (unpaired) electrons. The van der Waals surface area contributed by atoms with Gasteiger partial charge in [0, 0.05) is 11.0 Å². The molecule has 94 valence electrons. The van der Waals surface area contributed by atoms with Crippen LogP contribution in [0.2, 0.25) is 0 Å². The van der Waals surface area contributed by atoms with Crippen LogP contribution in [-0.2, 0) is 19.4 Å². The molecular weight excluding hydrogens is 259 g/mol. The molecule has 1 aromatic rings. The number of benzene rings is 1. The molecule has 0 aliphatic carbocycles. The van der Waals surface area contributed by atoms with Crippen LogP contribution in [0.25, 0.3) is 5.57 Å². The minimum Gasteiger partial charge on any atom is -0.465 e. The summed E-state index contributed by atoms with van der Waals surface area (Å²) in [5.74, 6) is -1.37. The third-order valence-electron chi connectivity index (χ3n) is 2.47. The molecule has 0 saturated carbocycles. The lowest BCUT2D eigenvalue weighted by Gasteiger charge is -2.05. The fourth-order valence-electron chi connectivity index (χ4n) is 1.63. The standard InChI is InChI=1S/C12H9FO4S/c1-17-12(14)11-10(6-7-18(11,15)16)8-2-4-9(13)5-3-8/h2-7H,1H3. The fourth-order valence-corrected chi connectivity index (χ4v) is 2.89. The van der Waals surface area contributed by atoms with E-state index in [1.807, 2.05) is 0 Å². The van der Waals surface area contributed by atoms with Crippen molar-refractivity contribution >= 4 is 21.4 Å². The largest absolute Gasteiger partial charge is 0.465 e. The molecule has 1 aromatic carbocycles. The van der Waals surface area contributed by atoms with Gasteiger partial charge in [-0.2, -0.15) is 0 Å². The summed E-state index contributed by atoms with van der Waals surface area (Å²) in [6, 6.07) is 5.18. The van der Waals surface area contributed by atoms with E-state index in [4.69, 9.17) is 0 Å². The predicted octanol–water partition coefficient (Wildman–Crippen LogP) is 1.65. The van der Waals surface area contributed by atoms with Crippen LogP contribution in [0.3, 0.4) is 0 Å². The Balaban J connectivity index is 2.62. The number of hydrogen-bond donors (Lipinski definition) is 0. The molecule has 0 saturated heterocycles. The lowest BCUT2D eigenvalue weighted by atomic mass is 10.1. The molecule has 2 rings (SSSR count). The number of methoxy groups -OCH3 is 1. The Kier molecular flexibility index (Phi) is 3.04. The first-order valence-electron chi connectivity index (χ1n) is 4.97. The van der Waals surface area contributed by atoms with Gasteiger partial charge < -0.3 is 4.74 Å². The number of ether oxygens (including phenoxy) is 1. The van der Waals surface area contributed by atoms with Crippen LogP contribution in [0.1, 0.15) is 5.56 Å². The summed E-state index contributed by atoms with van der Waals surface area (Å²) in [5.41, 5.74) is 0.649. The van der Waals surface area contributed by atoms with Crippen molar-refractivity contribution in [1.82, 2.24) is 0 Å². The molecule has 1 aliphatic rings. The average Bonchev–Trinajstić information content (AvgIpc) is 2.65. The van der Waals surface area contributed by atoms with Crippen LogP contribution in [0.5, 0.6) is 0 Å². The Bertz CT molecular complexity index is 654. The number of rotatable bonds is 2. The average molecular weight is 268 g/mol. The zero-order valence-corrected chi connectivity index (χ0v) is 10.2. The Morgan fingerprint density at radius 3 is 2.39 bits per heavy atom. The molecule has 4 nitrogen and oxygen atoms in total. The highest BCUT2D eigenvalue weighted by Gasteiger charge is 2.31. The first-order valence-corrected chi connectivity index (χ1v) is 6.52. The van der Waals surface area contributed by atoms with Crippen molar-refractivity contribution in [1.29, 1.82) is 0 Å². The van der Waals surface area contributed by atoms with E-state index in [0.717, 1.165) is 12.5 Å². The van der Waals surface area contributed by atoms with Crippen molar-refractivity contribution in [3.05, 3.63) is 52.0 Å². The van der Waals surface area contributed by atoms with Gasteiger partial charge in [-0.3, -0.25) is 0 Å². The van der Waals surface area contributed by atoms with Crippen molar-refractivity contribution in [3.8, 4) is 0 Å². The van der Waals surface area contributed by atoms with E-state index in [1.54, 1.807) is 0 Å². The Morgan fingerprint density at radius 1 is 1.22 bits per heavy atom. The topological polar surface area (TPSA) is 60.4 Å². The smallest absolute Gasteiger partial charge is 0.350 e. The lowest BCUT2D eigenvalue weighted by Crippen LogP contribution is -2.12. The van der Waals surface area contributed by atoms with Gasteiger partial charge in [-0.25, -0.2) is 17.6 Å². The Labute approximate surface area is 103 Å². The first-order chi connectivity index (χ1) is 8.45. The summed E-state index contributed by atoms with van der Waals surface area (Å²) in [5, 5.41) is 0.929. The first kappa shape index (κ1) is 12.5. The quantitative estimate of drug-likeness (QED) is 0.765. The normalized spacial score (nSPS) is 17.0. The van der Waals surface area contributed by atoms with E-state index in [9.17, 15) is 17.6 Å². The van der Waals surface area contributed by atoms with E-state index in [-0.39, 0.29) is 5.57 Å². The highest BCUT2D eigenvalue weighted by molar-refractivity contribution is 7.99. The monoisotopic (exact) mass is 268 g/mol. The molecule has 1 heterocycles. The second kappa shape index (κ2) is 4.38. The summed E-state index contributed by atoms with van der Waals surface area (Å²) in [6.45, 7) is 0. The van der Waals surface area contributed by atoms with Crippen LogP contribution in [-0.4, -0.2) is 21.5 Å². The molecule has 0 aromatic heterocycles. The molecule has 0 atom stereocenters. The van der Waals surface area contributed by atoms with E-state index in [1.165, 1.54) is 30.3 Å². The predicted molar refractivity (Wildman–Crippen MR) is 63.4 cm³/mol. The van der Waals surface area contributed by atoms with Gasteiger partial charge in [-0.15, -0.1) is 0 Å². The second-order valence-corrected chi connectivity index (χ2v) is 5.36. The van der Waals surface area contributed by atoms with Gasteiger partial charge in [-0.05, 0) is 23.8 Å². The van der Waals surface area contributed by atoms with Crippen molar-refractivity contribution in [3.63, 3.8) is 0 Å². The number of hydrogen-bond acceptors (Lipinski definition) is 4. The van der Waals surface area contributed by atoms with Gasteiger partial charge in [0.05, 0.1) is 7.11 Å². The molecule has 0 bridgehead atoms. The number of carbonyl (C=O) groups excluding carboxylic acids is 1. The summed E-state index contributed by atoms with van der Waals surface area (Å²) >= 11 is 0. The summed E-state index contributed by atoms with van der Waals surface area (Å²) < 4.78 is 40.6. The highest BCUT2D eigenvalue weighted by atomic mass is 32.2. The van der Waals surface area contributed by atoms with Gasteiger partial charge >= 0.3 is 5.97 Å². The minimum atomic E-state index is -3.78. The second-order valence-electron chi connectivity index (χ2n) is 3.59. The van der Waals surface area contributed by atoms with Crippen molar-refractivity contribution in [2.75, 3.05) is 7.11 Å². The van der Waals surface area contributed by atoms with Crippen LogP contribution < -0.4 is 0 Å². The summed E-state index contributed by atoms with van der Waals surface area (Å²) in [7, 11) is -2.67. The van der Waals surface area contributed by atoms with E-state index in [2.05, 4.69) is 4.74 Å². The minimum absolute atomic E-state index is 0.210. The summed E-state index contributed by atoms with van der Waals surface area (Å²) in [6.07, 6.45) is 1.30. The number of carbonyl (C=O) groups is 1. The van der Waals surface area contributed by atoms with Crippen LogP contribution in [0.15, 0.2) is 40.7 Å². The number of sulfone groups is 1. The molecule has 0 spiro atoms. The third-order valence-corrected chi connectivity index (χ3v) is 3.92. The fraction of sp³-hybridized carbons (Fsp3) is 0.0833. The van der Waals surface area contributed by atoms with Crippen molar-refractivity contribution in [2.45, 2.75) is 0 Å². The lowest BCUT2D eigenvalue weighted by molar-refractivity contribution is -0.135. The molecule has 1 aliphatic heterocycles. The van der Waals surface area contributed by atoms with Gasteiger partial charge in [0.25, 0.3) is 0 Å². The van der Waals surface area contributed by atoms with E-state index >= 15 is 0 Å². The van der Waals surface area contributed by atoms with Crippen LogP contribution in [0, 0.1) is 5.82 Å². The van der Waals surface area contributed by atoms with Gasteiger partial charge in [0.1, 0.15) is 5.82 Å². The Hall–Kier alpha value is -1.95. The zero-order valence-electron chi connectivity index (χ0n) is 9.38. The third kappa shape index (κ3) is 2.06. The SMILES string of the molecule is COC(=O)C1=C(c2ccc(F)cc2)C=CS1(=O)=O. The maximum atomic E-state index is 12.8. The molecule has 0 unspecified atom stereocenters. The Morgan fingerprint density at radius 2 is 1.83 bits per heavy atom. The molecule has 0 amide bonds. The zero-order chi connectivity index (χ0) is 13.3. The van der Waals surface area contributed by atoms with Gasteiger partial charge in [0.15, 0.2) is 4.91 Å². The molecular formula is C12H9FO4S. The number of halogens is 1. The van der Waals surface area contributed by atoms with Crippen LogP contribution >= 0.6 is 0 Å². The maximum absolute atomic E-state index is 12.8. The number of esters is 1. The molecule has 0 fully saturated rings. The molecule has 18 heavy (non-hydrogen) atoms. The maximum Gasteiger partial charge on any atom is 0.350 e. The molecule has 6 heteroatoms. The van der Waals surface area contributed by atoms with E-state index < -0.39 is 26.5 Å². The molecule has 0 N–H and O–H groups in total. The number of allylic oxidation sites excluding steroid dienone is 2.